The molecule has 2 unspecified atom stereocenters. The lowest BCUT2D eigenvalue weighted by atomic mass is 9.80. The zero-order valence-electron chi connectivity index (χ0n) is 16.2. The standard InChI is InChI=1S/C21H24FN5O/c1-12-4-5-18(21(12,2)3)26-19-15(20(23)28)9-25-27-11-13(8-17(19)27)14-6-7-24-10-16(14)22/h6-12,18,26H,4-5H2,1-3H3,(H2,23,28). The molecule has 3 N–H and O–H groups in total. The Morgan fingerprint density at radius 3 is 2.79 bits per heavy atom. The van der Waals surface area contributed by atoms with E-state index in [-0.39, 0.29) is 11.5 Å². The van der Waals surface area contributed by atoms with Gasteiger partial charge in [0.05, 0.1) is 29.2 Å². The van der Waals surface area contributed by atoms with Crippen LogP contribution in [0, 0.1) is 17.2 Å². The fourth-order valence-corrected chi connectivity index (χ4v) is 4.09. The summed E-state index contributed by atoms with van der Waals surface area (Å²) in [4.78, 5) is 15.9. The molecule has 0 bridgehead atoms. The first-order valence-corrected chi connectivity index (χ1v) is 9.46. The molecule has 6 nitrogen and oxygen atoms in total. The van der Waals surface area contributed by atoms with E-state index in [1.54, 1.807) is 23.0 Å². The first kappa shape index (κ1) is 18.4. The molecule has 7 heteroatoms. The van der Waals surface area contributed by atoms with Gasteiger partial charge >= 0.3 is 0 Å². The summed E-state index contributed by atoms with van der Waals surface area (Å²) >= 11 is 0. The highest BCUT2D eigenvalue weighted by Gasteiger charge is 2.41. The van der Waals surface area contributed by atoms with E-state index in [0.717, 1.165) is 12.8 Å². The molecular formula is C21H24FN5O. The Labute approximate surface area is 163 Å². The maximum absolute atomic E-state index is 14.2. The third-order valence-electron chi connectivity index (χ3n) is 6.36. The Kier molecular flexibility index (Phi) is 4.33. The number of nitrogens with zero attached hydrogens (tertiary/aromatic N) is 3. The van der Waals surface area contributed by atoms with Crippen LogP contribution in [0.25, 0.3) is 16.6 Å². The summed E-state index contributed by atoms with van der Waals surface area (Å²) in [7, 11) is 0. The van der Waals surface area contributed by atoms with E-state index in [0.29, 0.717) is 33.8 Å². The molecule has 2 atom stereocenters. The Hall–Kier alpha value is -2.96. The summed E-state index contributed by atoms with van der Waals surface area (Å²) in [5.74, 6) is -0.388. The van der Waals surface area contributed by atoms with Gasteiger partial charge in [-0.2, -0.15) is 5.10 Å². The van der Waals surface area contributed by atoms with Gasteiger partial charge in [-0.05, 0) is 36.3 Å². The van der Waals surface area contributed by atoms with Crippen LogP contribution in [0.4, 0.5) is 10.1 Å². The van der Waals surface area contributed by atoms with Crippen LogP contribution < -0.4 is 11.1 Å². The van der Waals surface area contributed by atoms with E-state index >= 15 is 0 Å². The minimum Gasteiger partial charge on any atom is -0.379 e. The van der Waals surface area contributed by atoms with Crippen LogP contribution in [-0.2, 0) is 0 Å². The second-order valence-electron chi connectivity index (χ2n) is 8.21. The molecule has 1 aliphatic rings. The van der Waals surface area contributed by atoms with Gasteiger partial charge in [-0.25, -0.2) is 8.91 Å². The summed E-state index contributed by atoms with van der Waals surface area (Å²) < 4.78 is 15.9. The topological polar surface area (TPSA) is 85.3 Å². The number of anilines is 1. The lowest BCUT2D eigenvalue weighted by Gasteiger charge is -2.33. The van der Waals surface area contributed by atoms with Crippen LogP contribution in [0.2, 0.25) is 0 Å². The third kappa shape index (κ3) is 2.91. The molecule has 1 fully saturated rings. The number of fused-ring (bicyclic) bond motifs is 1. The summed E-state index contributed by atoms with van der Waals surface area (Å²) in [6.45, 7) is 6.72. The van der Waals surface area contributed by atoms with Gasteiger partial charge in [0.25, 0.3) is 5.91 Å². The molecule has 146 valence electrons. The van der Waals surface area contributed by atoms with Crippen LogP contribution >= 0.6 is 0 Å². The molecular weight excluding hydrogens is 357 g/mol. The Balaban J connectivity index is 1.84. The fourth-order valence-electron chi connectivity index (χ4n) is 4.09. The van der Waals surface area contributed by atoms with Crippen molar-refractivity contribution in [2.24, 2.45) is 17.1 Å². The first-order valence-electron chi connectivity index (χ1n) is 9.46. The molecule has 0 spiro atoms. The van der Waals surface area contributed by atoms with E-state index in [4.69, 9.17) is 5.73 Å². The van der Waals surface area contributed by atoms with E-state index < -0.39 is 11.7 Å². The number of carbonyl (C=O) groups is 1. The SMILES string of the molecule is CC1CCC(Nc2c(C(N)=O)cnn3cc(-c4ccncc4F)cc23)C1(C)C. The highest BCUT2D eigenvalue weighted by Crippen LogP contribution is 2.44. The molecule has 3 heterocycles. The van der Waals surface area contributed by atoms with Gasteiger partial charge in [-0.1, -0.05) is 20.8 Å². The maximum Gasteiger partial charge on any atom is 0.252 e. The van der Waals surface area contributed by atoms with Gasteiger partial charge in [0.1, 0.15) is 5.82 Å². The Bertz CT molecular complexity index is 1060. The van der Waals surface area contributed by atoms with Gasteiger partial charge in [0.2, 0.25) is 0 Å². The van der Waals surface area contributed by atoms with E-state index in [1.165, 1.54) is 12.4 Å². The molecule has 0 aromatic carbocycles. The second-order valence-corrected chi connectivity index (χ2v) is 8.21. The van der Waals surface area contributed by atoms with Crippen LogP contribution in [0.5, 0.6) is 0 Å². The van der Waals surface area contributed by atoms with Gasteiger partial charge in [-0.15, -0.1) is 0 Å². The number of nitrogens with one attached hydrogen (secondary N) is 1. The summed E-state index contributed by atoms with van der Waals surface area (Å²) in [6, 6.07) is 3.64. The predicted molar refractivity (Wildman–Crippen MR) is 106 cm³/mol. The minimum atomic E-state index is -0.542. The number of halogens is 1. The second kappa shape index (κ2) is 6.58. The first-order chi connectivity index (χ1) is 13.3. The number of carbonyl (C=O) groups excluding carboxylic acids is 1. The number of hydrogen-bond donors (Lipinski definition) is 2. The van der Waals surface area contributed by atoms with Crippen LogP contribution in [0.1, 0.15) is 44.0 Å². The van der Waals surface area contributed by atoms with Crippen molar-refractivity contribution in [2.45, 2.75) is 39.7 Å². The number of aromatic nitrogens is 3. The molecule has 3 aromatic rings. The van der Waals surface area contributed by atoms with E-state index in [9.17, 15) is 9.18 Å². The van der Waals surface area contributed by atoms with Crippen molar-refractivity contribution >= 4 is 17.1 Å². The van der Waals surface area contributed by atoms with Crippen molar-refractivity contribution < 1.29 is 9.18 Å². The minimum absolute atomic E-state index is 0.0712. The maximum atomic E-state index is 14.2. The largest absolute Gasteiger partial charge is 0.379 e. The Morgan fingerprint density at radius 1 is 1.36 bits per heavy atom. The van der Waals surface area contributed by atoms with E-state index in [1.807, 2.05) is 6.07 Å². The van der Waals surface area contributed by atoms with Crippen molar-refractivity contribution in [1.29, 1.82) is 0 Å². The van der Waals surface area contributed by atoms with Crippen LogP contribution in [-0.4, -0.2) is 26.5 Å². The summed E-state index contributed by atoms with van der Waals surface area (Å²) in [5.41, 5.74) is 8.46. The van der Waals surface area contributed by atoms with Gasteiger partial charge < -0.3 is 11.1 Å². The summed E-state index contributed by atoms with van der Waals surface area (Å²) in [5, 5.41) is 7.87. The van der Waals surface area contributed by atoms with Crippen molar-refractivity contribution in [1.82, 2.24) is 14.6 Å². The molecule has 28 heavy (non-hydrogen) atoms. The zero-order valence-corrected chi connectivity index (χ0v) is 16.2. The number of rotatable bonds is 4. The monoisotopic (exact) mass is 381 g/mol. The van der Waals surface area contributed by atoms with Crippen molar-refractivity contribution in [3.63, 3.8) is 0 Å². The summed E-state index contributed by atoms with van der Waals surface area (Å²) in [6.07, 6.45) is 8.06. The van der Waals surface area contributed by atoms with Crippen molar-refractivity contribution in [3.05, 3.63) is 48.3 Å². The van der Waals surface area contributed by atoms with Crippen molar-refractivity contribution in [3.8, 4) is 11.1 Å². The lowest BCUT2D eigenvalue weighted by molar-refractivity contribution is 0.100. The van der Waals surface area contributed by atoms with Gasteiger partial charge in [0.15, 0.2) is 0 Å². The molecule has 3 aromatic heterocycles. The predicted octanol–water partition coefficient (Wildman–Crippen LogP) is 3.87. The molecule has 0 radical (unpaired) electrons. The molecule has 0 aliphatic heterocycles. The molecule has 1 amide bonds. The average molecular weight is 381 g/mol. The highest BCUT2D eigenvalue weighted by molar-refractivity contribution is 6.02. The van der Waals surface area contributed by atoms with Crippen LogP contribution in [0.3, 0.4) is 0 Å². The lowest BCUT2D eigenvalue weighted by Crippen LogP contribution is -2.35. The zero-order chi connectivity index (χ0) is 20.1. The average Bonchev–Trinajstić information content (AvgIpc) is 3.18. The number of pyridine rings is 1. The van der Waals surface area contributed by atoms with Crippen molar-refractivity contribution in [2.75, 3.05) is 5.32 Å². The Morgan fingerprint density at radius 2 is 2.14 bits per heavy atom. The quantitative estimate of drug-likeness (QED) is 0.718. The normalized spacial score (nSPS) is 21.1. The smallest absolute Gasteiger partial charge is 0.252 e. The number of nitrogens with two attached hydrogens (primary N) is 1. The third-order valence-corrected chi connectivity index (χ3v) is 6.36. The molecule has 4 rings (SSSR count). The molecule has 1 saturated carbocycles. The highest BCUT2D eigenvalue weighted by atomic mass is 19.1. The number of amides is 1. The number of hydrogen-bond acceptors (Lipinski definition) is 4. The van der Waals surface area contributed by atoms with Crippen LogP contribution in [0.15, 0.2) is 36.9 Å². The van der Waals surface area contributed by atoms with Gasteiger partial charge in [-0.3, -0.25) is 9.78 Å². The van der Waals surface area contributed by atoms with Gasteiger partial charge in [0, 0.05) is 29.6 Å². The van der Waals surface area contributed by atoms with E-state index in [2.05, 4.69) is 36.2 Å². The number of primary amides is 1. The molecule has 0 saturated heterocycles. The fraction of sp³-hybridized carbons (Fsp3) is 0.381. The molecule has 1 aliphatic carbocycles.